The van der Waals surface area contributed by atoms with Gasteiger partial charge in [0, 0.05) is 18.5 Å². The largest absolute Gasteiger partial charge is 0.266 e. The number of halogens is 1. The summed E-state index contributed by atoms with van der Waals surface area (Å²) >= 11 is 6.56. The van der Waals surface area contributed by atoms with Gasteiger partial charge in [-0.2, -0.15) is 5.10 Å². The molecule has 5 nitrogen and oxygen atoms in total. The Hall–Kier alpha value is -2.05. The molecule has 0 aliphatic carbocycles. The van der Waals surface area contributed by atoms with Crippen molar-refractivity contribution in [3.63, 3.8) is 0 Å². The molecule has 1 N–H and O–H groups in total. The first-order valence-corrected chi connectivity index (χ1v) is 10.4. The van der Waals surface area contributed by atoms with Crippen molar-refractivity contribution in [1.82, 2.24) is 9.78 Å². The monoisotopic (exact) mass is 393 g/mol. The molecule has 1 aromatic heterocycles. The SMILES string of the molecule is C=CC(=C)c1c(C(C)C(C)=CC)cc(Cl)c2c(NS(C)(=O)=O)nn(C)c12. The number of nitrogens with zero attached hydrogens (tertiary/aromatic N) is 2. The lowest BCUT2D eigenvalue weighted by Gasteiger charge is -2.20. The second-order valence-electron chi connectivity index (χ2n) is 6.38. The number of anilines is 1. The van der Waals surface area contributed by atoms with Crippen LogP contribution in [0, 0.1) is 0 Å². The van der Waals surface area contributed by atoms with E-state index in [4.69, 9.17) is 11.6 Å². The number of fused-ring (bicyclic) bond motifs is 1. The summed E-state index contributed by atoms with van der Waals surface area (Å²) in [6, 6.07) is 1.86. The van der Waals surface area contributed by atoms with Gasteiger partial charge in [0.15, 0.2) is 5.82 Å². The maximum atomic E-state index is 11.7. The van der Waals surface area contributed by atoms with Crippen molar-refractivity contribution in [3.8, 4) is 0 Å². The molecule has 0 saturated carbocycles. The number of hydrogen-bond donors (Lipinski definition) is 1. The first kappa shape index (κ1) is 20.3. The fraction of sp³-hybridized carbons (Fsp3) is 0.316. The minimum Gasteiger partial charge on any atom is -0.266 e. The second kappa shape index (κ2) is 7.29. The number of sulfonamides is 1. The molecule has 1 atom stereocenters. The van der Waals surface area contributed by atoms with E-state index in [1.54, 1.807) is 17.8 Å². The molecule has 0 fully saturated rings. The van der Waals surface area contributed by atoms with E-state index in [0.717, 1.165) is 28.5 Å². The molecule has 0 radical (unpaired) electrons. The number of allylic oxidation sites excluding steroid dienone is 4. The van der Waals surface area contributed by atoms with Gasteiger partial charge < -0.3 is 0 Å². The average molecular weight is 394 g/mol. The van der Waals surface area contributed by atoms with Gasteiger partial charge in [-0.15, -0.1) is 0 Å². The van der Waals surface area contributed by atoms with E-state index in [1.165, 1.54) is 5.57 Å². The van der Waals surface area contributed by atoms with Crippen LogP contribution < -0.4 is 4.72 Å². The van der Waals surface area contributed by atoms with E-state index in [-0.39, 0.29) is 11.7 Å². The topological polar surface area (TPSA) is 64.0 Å². The zero-order chi connectivity index (χ0) is 19.8. The molecule has 2 aromatic rings. The summed E-state index contributed by atoms with van der Waals surface area (Å²) in [4.78, 5) is 0. The van der Waals surface area contributed by atoms with Crippen molar-refractivity contribution in [1.29, 1.82) is 0 Å². The van der Waals surface area contributed by atoms with Crippen LogP contribution in [0.15, 0.2) is 36.9 Å². The standard InChI is InChI=1S/C19H24ClN3O2S/c1-8-11(3)13(5)14-10-15(20)17-18(16(14)12(4)9-2)23(6)21-19(17)22-26(7,24)25/h8-10,13H,2,4H2,1,3,5-7H3,(H,21,22). The summed E-state index contributed by atoms with van der Waals surface area (Å²) in [6.45, 7) is 14.1. The van der Waals surface area contributed by atoms with E-state index in [9.17, 15) is 8.42 Å². The Bertz CT molecular complexity index is 1030. The Morgan fingerprint density at radius 3 is 2.58 bits per heavy atom. The van der Waals surface area contributed by atoms with Gasteiger partial charge in [0.2, 0.25) is 10.0 Å². The van der Waals surface area contributed by atoms with Gasteiger partial charge >= 0.3 is 0 Å². The van der Waals surface area contributed by atoms with Crippen LogP contribution in [0.4, 0.5) is 5.82 Å². The highest BCUT2D eigenvalue weighted by molar-refractivity contribution is 7.92. The molecule has 2 rings (SSSR count). The van der Waals surface area contributed by atoms with Gasteiger partial charge in [-0.3, -0.25) is 9.40 Å². The van der Waals surface area contributed by atoms with Crippen molar-refractivity contribution >= 4 is 43.9 Å². The Balaban J connectivity index is 2.96. The maximum Gasteiger partial charge on any atom is 0.231 e. The van der Waals surface area contributed by atoms with Crippen LogP contribution in [-0.4, -0.2) is 24.5 Å². The molecule has 0 spiro atoms. The van der Waals surface area contributed by atoms with Crippen LogP contribution in [0.1, 0.15) is 37.8 Å². The number of benzene rings is 1. The fourth-order valence-electron chi connectivity index (χ4n) is 2.98. The van der Waals surface area contributed by atoms with Crippen molar-refractivity contribution < 1.29 is 8.42 Å². The van der Waals surface area contributed by atoms with E-state index in [2.05, 4.69) is 42.9 Å². The predicted molar refractivity (Wildman–Crippen MR) is 111 cm³/mol. The molecule has 0 aliphatic heterocycles. The molecule has 0 aliphatic rings. The average Bonchev–Trinajstić information content (AvgIpc) is 2.87. The minimum atomic E-state index is -3.49. The zero-order valence-corrected chi connectivity index (χ0v) is 17.3. The summed E-state index contributed by atoms with van der Waals surface area (Å²) in [6.07, 6.45) is 4.82. The van der Waals surface area contributed by atoms with Crippen molar-refractivity contribution in [3.05, 3.63) is 53.1 Å². The van der Waals surface area contributed by atoms with Crippen LogP contribution in [0.2, 0.25) is 5.02 Å². The molecule has 0 amide bonds. The molecule has 1 heterocycles. The van der Waals surface area contributed by atoms with Crippen molar-refractivity contribution in [2.45, 2.75) is 26.7 Å². The Kier molecular flexibility index (Phi) is 5.68. The van der Waals surface area contributed by atoms with E-state index in [0.29, 0.717) is 10.4 Å². The number of nitrogens with one attached hydrogen (secondary N) is 1. The molecule has 1 aromatic carbocycles. The Morgan fingerprint density at radius 2 is 2.08 bits per heavy atom. The molecule has 7 heteroatoms. The van der Waals surface area contributed by atoms with Crippen LogP contribution in [-0.2, 0) is 17.1 Å². The van der Waals surface area contributed by atoms with Crippen LogP contribution in [0.3, 0.4) is 0 Å². The summed E-state index contributed by atoms with van der Waals surface area (Å²) < 4.78 is 27.5. The van der Waals surface area contributed by atoms with Gasteiger partial charge in [0.25, 0.3) is 0 Å². The Morgan fingerprint density at radius 1 is 1.46 bits per heavy atom. The van der Waals surface area contributed by atoms with Crippen LogP contribution in [0.25, 0.3) is 16.5 Å². The zero-order valence-electron chi connectivity index (χ0n) is 15.7. The molecule has 140 valence electrons. The van der Waals surface area contributed by atoms with E-state index in [1.807, 2.05) is 13.0 Å². The number of aromatic nitrogens is 2. The lowest BCUT2D eigenvalue weighted by Crippen LogP contribution is -2.10. The van der Waals surface area contributed by atoms with Crippen molar-refractivity contribution in [2.75, 3.05) is 11.0 Å². The smallest absolute Gasteiger partial charge is 0.231 e. The number of hydrogen-bond acceptors (Lipinski definition) is 3. The van der Waals surface area contributed by atoms with E-state index >= 15 is 0 Å². The lowest BCUT2D eigenvalue weighted by molar-refractivity contribution is 0.606. The highest BCUT2D eigenvalue weighted by Gasteiger charge is 2.24. The molecule has 26 heavy (non-hydrogen) atoms. The van der Waals surface area contributed by atoms with Gasteiger partial charge in [-0.1, -0.05) is 49.4 Å². The third-order valence-corrected chi connectivity index (χ3v) is 5.41. The summed E-state index contributed by atoms with van der Waals surface area (Å²) in [5, 5.41) is 5.31. The van der Waals surface area contributed by atoms with Crippen LogP contribution in [0.5, 0.6) is 0 Å². The van der Waals surface area contributed by atoms with Gasteiger partial charge in [-0.25, -0.2) is 8.42 Å². The minimum absolute atomic E-state index is 0.106. The highest BCUT2D eigenvalue weighted by Crippen LogP contribution is 2.41. The van der Waals surface area contributed by atoms with Gasteiger partial charge in [0.05, 0.1) is 22.2 Å². The third kappa shape index (κ3) is 3.71. The summed E-state index contributed by atoms with van der Waals surface area (Å²) in [7, 11) is -1.74. The summed E-state index contributed by atoms with van der Waals surface area (Å²) in [5.41, 5.74) is 4.50. The first-order chi connectivity index (χ1) is 12.0. The fourth-order valence-corrected chi connectivity index (χ4v) is 3.77. The second-order valence-corrected chi connectivity index (χ2v) is 8.53. The predicted octanol–water partition coefficient (Wildman–Crippen LogP) is 4.87. The number of aryl methyl sites for hydroxylation is 1. The molecule has 0 saturated heterocycles. The lowest BCUT2D eigenvalue weighted by atomic mass is 9.86. The molecular formula is C19H24ClN3O2S. The van der Waals surface area contributed by atoms with Gasteiger partial charge in [-0.05, 0) is 31.1 Å². The highest BCUT2D eigenvalue weighted by atomic mass is 35.5. The first-order valence-electron chi connectivity index (χ1n) is 8.13. The Labute approximate surface area is 160 Å². The van der Waals surface area contributed by atoms with Crippen molar-refractivity contribution in [2.24, 2.45) is 7.05 Å². The molecular weight excluding hydrogens is 370 g/mol. The molecule has 1 unspecified atom stereocenters. The molecule has 0 bridgehead atoms. The number of rotatable bonds is 6. The normalized spacial score (nSPS) is 13.7. The van der Waals surface area contributed by atoms with Gasteiger partial charge in [0.1, 0.15) is 0 Å². The third-order valence-electron chi connectivity index (χ3n) is 4.55. The quantitative estimate of drug-likeness (QED) is 0.562. The summed E-state index contributed by atoms with van der Waals surface area (Å²) in [5.74, 6) is 0.310. The van der Waals surface area contributed by atoms with Crippen LogP contribution >= 0.6 is 11.6 Å². The maximum absolute atomic E-state index is 11.7. The van der Waals surface area contributed by atoms with E-state index < -0.39 is 10.0 Å².